The Morgan fingerprint density at radius 2 is 1.84 bits per heavy atom. The van der Waals surface area contributed by atoms with Gasteiger partial charge in [0.25, 0.3) is 0 Å². The summed E-state index contributed by atoms with van der Waals surface area (Å²) in [5.74, 6) is 0. The summed E-state index contributed by atoms with van der Waals surface area (Å²) in [6.07, 6.45) is 0. The van der Waals surface area contributed by atoms with Crippen LogP contribution < -0.4 is 5.73 Å². The average Bonchev–Trinajstić information content (AvgIpc) is 2.76. The molecule has 0 atom stereocenters. The summed E-state index contributed by atoms with van der Waals surface area (Å²) >= 11 is 12.2. The van der Waals surface area contributed by atoms with Gasteiger partial charge >= 0.3 is 0 Å². The number of para-hydroxylation sites is 1. The first-order valence-corrected chi connectivity index (χ1v) is 6.71. The van der Waals surface area contributed by atoms with Crippen LogP contribution in [0.5, 0.6) is 0 Å². The van der Waals surface area contributed by atoms with Crippen LogP contribution in [-0.4, -0.2) is 4.98 Å². The van der Waals surface area contributed by atoms with Crippen molar-refractivity contribution < 1.29 is 0 Å². The van der Waals surface area contributed by atoms with E-state index < -0.39 is 0 Å². The van der Waals surface area contributed by atoms with Crippen LogP contribution in [0.1, 0.15) is 5.56 Å². The number of rotatable bonds is 2. The van der Waals surface area contributed by atoms with Gasteiger partial charge in [0.1, 0.15) is 0 Å². The molecule has 3 rings (SSSR count). The lowest BCUT2D eigenvalue weighted by atomic mass is 10.1. The lowest BCUT2D eigenvalue weighted by Gasteiger charge is -2.05. The van der Waals surface area contributed by atoms with E-state index in [1.807, 2.05) is 30.3 Å². The molecule has 3 aromatic rings. The highest BCUT2D eigenvalue weighted by molar-refractivity contribution is 6.36. The van der Waals surface area contributed by atoms with Crippen molar-refractivity contribution >= 4 is 34.1 Å². The molecule has 4 heteroatoms. The van der Waals surface area contributed by atoms with Crippen LogP contribution in [0.2, 0.25) is 10.0 Å². The minimum absolute atomic E-state index is 0.457. The maximum Gasteiger partial charge on any atom is 0.0525 e. The summed E-state index contributed by atoms with van der Waals surface area (Å²) in [7, 11) is 0. The van der Waals surface area contributed by atoms with Gasteiger partial charge in [-0.3, -0.25) is 0 Å². The van der Waals surface area contributed by atoms with Crippen molar-refractivity contribution in [3.8, 4) is 11.3 Å². The zero-order valence-corrected chi connectivity index (χ0v) is 11.6. The van der Waals surface area contributed by atoms with E-state index in [-0.39, 0.29) is 0 Å². The summed E-state index contributed by atoms with van der Waals surface area (Å²) < 4.78 is 0. The Bertz CT molecular complexity index is 747. The number of hydrogen-bond donors (Lipinski definition) is 2. The minimum Gasteiger partial charge on any atom is -0.354 e. The van der Waals surface area contributed by atoms with Crippen molar-refractivity contribution in [3.05, 3.63) is 58.1 Å². The molecule has 0 aliphatic carbocycles. The van der Waals surface area contributed by atoms with E-state index in [0.717, 1.165) is 27.7 Å². The lowest BCUT2D eigenvalue weighted by Crippen LogP contribution is -1.97. The molecule has 0 saturated carbocycles. The van der Waals surface area contributed by atoms with Gasteiger partial charge in [0.05, 0.1) is 10.7 Å². The fourth-order valence-electron chi connectivity index (χ4n) is 2.33. The molecule has 0 fully saturated rings. The molecule has 0 spiro atoms. The number of benzene rings is 2. The van der Waals surface area contributed by atoms with Gasteiger partial charge in [-0.15, -0.1) is 0 Å². The van der Waals surface area contributed by atoms with Crippen molar-refractivity contribution in [2.75, 3.05) is 0 Å². The van der Waals surface area contributed by atoms with Gasteiger partial charge in [-0.1, -0.05) is 41.4 Å². The third kappa shape index (κ3) is 2.12. The van der Waals surface area contributed by atoms with E-state index in [9.17, 15) is 0 Å². The molecule has 0 bridgehead atoms. The van der Waals surface area contributed by atoms with Gasteiger partial charge in [-0.05, 0) is 29.8 Å². The molecule has 96 valence electrons. The van der Waals surface area contributed by atoms with Crippen molar-refractivity contribution in [3.63, 3.8) is 0 Å². The van der Waals surface area contributed by atoms with E-state index in [4.69, 9.17) is 28.9 Å². The van der Waals surface area contributed by atoms with Crippen LogP contribution >= 0.6 is 23.2 Å². The Labute approximate surface area is 121 Å². The first-order chi connectivity index (χ1) is 9.20. The van der Waals surface area contributed by atoms with Crippen LogP contribution in [0.3, 0.4) is 0 Å². The summed E-state index contributed by atoms with van der Waals surface area (Å²) in [6.45, 7) is 0.457. The number of H-pyrrole nitrogens is 1. The second-order valence-corrected chi connectivity index (χ2v) is 5.20. The van der Waals surface area contributed by atoms with Crippen molar-refractivity contribution in [1.82, 2.24) is 4.98 Å². The van der Waals surface area contributed by atoms with Crippen LogP contribution in [-0.2, 0) is 6.54 Å². The Hall–Kier alpha value is -1.48. The second-order valence-electron chi connectivity index (χ2n) is 4.35. The molecule has 0 aliphatic heterocycles. The van der Waals surface area contributed by atoms with Gasteiger partial charge in [0.15, 0.2) is 0 Å². The summed E-state index contributed by atoms with van der Waals surface area (Å²) in [5.41, 5.74) is 9.90. The highest BCUT2D eigenvalue weighted by Crippen LogP contribution is 2.35. The van der Waals surface area contributed by atoms with Crippen LogP contribution in [0.15, 0.2) is 42.5 Å². The lowest BCUT2D eigenvalue weighted by molar-refractivity contribution is 1.09. The fourth-order valence-corrected chi connectivity index (χ4v) is 2.84. The molecular weight excluding hydrogens is 279 g/mol. The standard InChI is InChI=1S/C15H12Cl2N2/c16-9-5-6-11(13(17)7-9)15-12(8-18)10-3-1-2-4-14(10)19-15/h1-7,19H,8,18H2. The third-order valence-corrected chi connectivity index (χ3v) is 3.77. The van der Waals surface area contributed by atoms with E-state index in [2.05, 4.69) is 11.1 Å². The smallest absolute Gasteiger partial charge is 0.0525 e. The molecule has 2 nitrogen and oxygen atoms in total. The maximum atomic E-state index is 6.28. The number of nitrogens with two attached hydrogens (primary N) is 1. The van der Waals surface area contributed by atoms with Gasteiger partial charge in [0.2, 0.25) is 0 Å². The summed E-state index contributed by atoms with van der Waals surface area (Å²) in [5, 5.41) is 2.37. The van der Waals surface area contributed by atoms with Gasteiger partial charge < -0.3 is 10.7 Å². The third-order valence-electron chi connectivity index (χ3n) is 3.22. The number of hydrogen-bond acceptors (Lipinski definition) is 1. The van der Waals surface area contributed by atoms with E-state index >= 15 is 0 Å². The van der Waals surface area contributed by atoms with Gasteiger partial charge in [0, 0.05) is 28.0 Å². The van der Waals surface area contributed by atoms with E-state index in [0.29, 0.717) is 16.6 Å². The molecule has 1 heterocycles. The number of nitrogens with one attached hydrogen (secondary N) is 1. The normalized spacial score (nSPS) is 11.1. The Balaban J connectivity index is 2.30. The zero-order chi connectivity index (χ0) is 13.4. The molecule has 0 radical (unpaired) electrons. The van der Waals surface area contributed by atoms with Crippen LogP contribution in [0, 0.1) is 0 Å². The molecule has 0 amide bonds. The van der Waals surface area contributed by atoms with Gasteiger partial charge in [-0.25, -0.2) is 0 Å². The Kier molecular flexibility index (Phi) is 3.23. The van der Waals surface area contributed by atoms with Crippen LogP contribution in [0.4, 0.5) is 0 Å². The Morgan fingerprint density at radius 1 is 1.05 bits per heavy atom. The highest BCUT2D eigenvalue weighted by Gasteiger charge is 2.14. The quantitative estimate of drug-likeness (QED) is 0.711. The maximum absolute atomic E-state index is 6.28. The van der Waals surface area contributed by atoms with Crippen molar-refractivity contribution in [1.29, 1.82) is 0 Å². The molecule has 3 N–H and O–H groups in total. The number of aromatic nitrogens is 1. The van der Waals surface area contributed by atoms with E-state index in [1.54, 1.807) is 6.07 Å². The molecule has 19 heavy (non-hydrogen) atoms. The van der Waals surface area contributed by atoms with Crippen LogP contribution in [0.25, 0.3) is 22.2 Å². The fraction of sp³-hybridized carbons (Fsp3) is 0.0667. The topological polar surface area (TPSA) is 41.8 Å². The first-order valence-electron chi connectivity index (χ1n) is 5.96. The monoisotopic (exact) mass is 290 g/mol. The Morgan fingerprint density at radius 3 is 2.58 bits per heavy atom. The highest BCUT2D eigenvalue weighted by atomic mass is 35.5. The largest absolute Gasteiger partial charge is 0.354 e. The molecule has 0 unspecified atom stereocenters. The minimum atomic E-state index is 0.457. The molecule has 0 saturated heterocycles. The first kappa shape index (κ1) is 12.5. The average molecular weight is 291 g/mol. The van der Waals surface area contributed by atoms with E-state index in [1.165, 1.54) is 0 Å². The number of aromatic amines is 1. The molecule has 2 aromatic carbocycles. The molecule has 1 aromatic heterocycles. The second kappa shape index (κ2) is 4.89. The zero-order valence-electron chi connectivity index (χ0n) is 10.1. The summed E-state index contributed by atoms with van der Waals surface area (Å²) in [6, 6.07) is 13.6. The predicted octanol–water partition coefficient (Wildman–Crippen LogP) is 4.60. The predicted molar refractivity (Wildman–Crippen MR) is 81.6 cm³/mol. The molecular formula is C15H12Cl2N2. The van der Waals surface area contributed by atoms with Crippen molar-refractivity contribution in [2.24, 2.45) is 5.73 Å². The number of fused-ring (bicyclic) bond motifs is 1. The number of halogens is 2. The SMILES string of the molecule is NCc1c(-c2ccc(Cl)cc2Cl)[nH]c2ccccc12. The van der Waals surface area contributed by atoms with Crippen molar-refractivity contribution in [2.45, 2.75) is 6.54 Å². The summed E-state index contributed by atoms with van der Waals surface area (Å²) in [4.78, 5) is 3.38. The molecule has 0 aliphatic rings. The van der Waals surface area contributed by atoms with Gasteiger partial charge in [-0.2, -0.15) is 0 Å².